The molecule has 0 radical (unpaired) electrons. The average Bonchev–Trinajstić information content (AvgIpc) is 2.15. The molecule has 0 fully saturated rings. The van der Waals surface area contributed by atoms with Gasteiger partial charge >= 0.3 is 5.69 Å². The molecule has 1 heterocycles. The Labute approximate surface area is 101 Å². The van der Waals surface area contributed by atoms with Gasteiger partial charge in [0.1, 0.15) is 5.56 Å². The first-order valence-electron chi connectivity index (χ1n) is 3.77. The highest BCUT2D eigenvalue weighted by Gasteiger charge is 2.30. The van der Waals surface area contributed by atoms with Gasteiger partial charge in [0, 0.05) is 6.20 Å². The second kappa shape index (κ2) is 4.63. The van der Waals surface area contributed by atoms with E-state index in [0.717, 1.165) is 0 Å². The first kappa shape index (κ1) is 12.7. The van der Waals surface area contributed by atoms with Gasteiger partial charge in [0.05, 0.1) is 10.5 Å². The van der Waals surface area contributed by atoms with Crippen LogP contribution in [-0.4, -0.2) is 15.8 Å². The Morgan fingerprint density at radius 1 is 1.62 bits per heavy atom. The standard InChI is InChI=1S/C7H4F2IN3O3/c8-5(9)2-1-12-6(10)4(13(15)16)3(2)7(11)14/h1,5H,(H2,11,14). The third kappa shape index (κ3) is 2.23. The number of amides is 1. The molecule has 2 N–H and O–H groups in total. The summed E-state index contributed by atoms with van der Waals surface area (Å²) in [6.07, 6.45) is -2.34. The Morgan fingerprint density at radius 3 is 2.56 bits per heavy atom. The number of alkyl halides is 2. The Balaban J connectivity index is 3.63. The Morgan fingerprint density at radius 2 is 2.19 bits per heavy atom. The van der Waals surface area contributed by atoms with Crippen molar-refractivity contribution in [2.45, 2.75) is 6.43 Å². The van der Waals surface area contributed by atoms with Crippen LogP contribution < -0.4 is 5.73 Å². The second-order valence-electron chi connectivity index (χ2n) is 2.65. The van der Waals surface area contributed by atoms with Crippen LogP contribution in [0.3, 0.4) is 0 Å². The molecule has 0 aliphatic rings. The van der Waals surface area contributed by atoms with Crippen LogP contribution in [0.15, 0.2) is 6.20 Å². The van der Waals surface area contributed by atoms with E-state index in [1.54, 1.807) is 0 Å². The monoisotopic (exact) mass is 343 g/mol. The summed E-state index contributed by atoms with van der Waals surface area (Å²) in [5, 5.41) is 10.6. The molecule has 0 aliphatic carbocycles. The van der Waals surface area contributed by atoms with Crippen molar-refractivity contribution in [2.24, 2.45) is 5.73 Å². The number of nitro groups is 1. The summed E-state index contributed by atoms with van der Waals surface area (Å²) < 4.78 is 24.8. The number of rotatable bonds is 3. The van der Waals surface area contributed by atoms with Gasteiger partial charge in [0.25, 0.3) is 12.3 Å². The number of nitrogens with two attached hydrogens (primary N) is 1. The highest BCUT2D eigenvalue weighted by Crippen LogP contribution is 2.31. The summed E-state index contributed by atoms with van der Waals surface area (Å²) in [7, 11) is 0. The quantitative estimate of drug-likeness (QED) is 0.390. The van der Waals surface area contributed by atoms with E-state index in [9.17, 15) is 23.7 Å². The average molecular weight is 343 g/mol. The summed E-state index contributed by atoms with van der Waals surface area (Å²) in [5.41, 5.74) is 2.44. The lowest BCUT2D eigenvalue weighted by atomic mass is 10.1. The van der Waals surface area contributed by atoms with E-state index in [2.05, 4.69) is 4.98 Å². The smallest absolute Gasteiger partial charge is 0.314 e. The van der Waals surface area contributed by atoms with Crippen molar-refractivity contribution in [3.8, 4) is 0 Å². The third-order valence-electron chi connectivity index (χ3n) is 1.70. The zero-order chi connectivity index (χ0) is 12.5. The Bertz CT molecular complexity index is 466. The fourth-order valence-corrected chi connectivity index (χ4v) is 1.69. The van der Waals surface area contributed by atoms with Crippen molar-refractivity contribution in [3.05, 3.63) is 31.1 Å². The van der Waals surface area contributed by atoms with Gasteiger partial charge in [0.2, 0.25) is 0 Å². The van der Waals surface area contributed by atoms with Crippen LogP contribution in [0.1, 0.15) is 22.3 Å². The molecule has 1 aromatic rings. The van der Waals surface area contributed by atoms with Gasteiger partial charge in [-0.25, -0.2) is 13.8 Å². The summed E-state index contributed by atoms with van der Waals surface area (Å²) in [6, 6.07) is 0. The molecule has 1 rings (SSSR count). The number of nitrogens with zero attached hydrogens (tertiary/aromatic N) is 2. The molecule has 0 spiro atoms. The maximum absolute atomic E-state index is 12.5. The second-order valence-corrected chi connectivity index (χ2v) is 3.67. The van der Waals surface area contributed by atoms with E-state index in [1.165, 1.54) is 22.6 Å². The summed E-state index contributed by atoms with van der Waals surface area (Å²) >= 11 is 1.47. The van der Waals surface area contributed by atoms with Crippen LogP contribution in [-0.2, 0) is 0 Å². The van der Waals surface area contributed by atoms with Gasteiger partial charge in [0.15, 0.2) is 3.70 Å². The van der Waals surface area contributed by atoms with Crippen LogP contribution in [0.2, 0.25) is 0 Å². The predicted octanol–water partition coefficient (Wildman–Crippen LogP) is 1.63. The number of hydrogen-bond acceptors (Lipinski definition) is 4. The van der Waals surface area contributed by atoms with Crippen LogP contribution in [0.5, 0.6) is 0 Å². The molecule has 1 amide bonds. The number of primary amides is 1. The molecule has 86 valence electrons. The van der Waals surface area contributed by atoms with Gasteiger partial charge in [-0.1, -0.05) is 0 Å². The summed E-state index contributed by atoms with van der Waals surface area (Å²) in [6.45, 7) is 0. The number of aromatic nitrogens is 1. The zero-order valence-corrected chi connectivity index (χ0v) is 9.64. The maximum Gasteiger partial charge on any atom is 0.314 e. The third-order valence-corrected chi connectivity index (χ3v) is 2.49. The van der Waals surface area contributed by atoms with E-state index < -0.39 is 34.1 Å². The lowest BCUT2D eigenvalue weighted by Gasteiger charge is -2.06. The molecule has 0 unspecified atom stereocenters. The van der Waals surface area contributed by atoms with Crippen molar-refractivity contribution < 1.29 is 18.5 Å². The molecule has 0 aromatic carbocycles. The molecular formula is C7H4F2IN3O3. The highest BCUT2D eigenvalue weighted by atomic mass is 127. The molecule has 9 heteroatoms. The number of pyridine rings is 1. The minimum absolute atomic E-state index is 0.166. The van der Waals surface area contributed by atoms with E-state index in [0.29, 0.717) is 6.20 Å². The molecule has 0 saturated carbocycles. The van der Waals surface area contributed by atoms with Crippen LogP contribution in [0.25, 0.3) is 0 Å². The van der Waals surface area contributed by atoms with Crippen molar-refractivity contribution in [1.82, 2.24) is 4.98 Å². The number of carbonyl (C=O) groups excluding carboxylic acids is 1. The van der Waals surface area contributed by atoms with Crippen molar-refractivity contribution in [2.75, 3.05) is 0 Å². The molecule has 0 atom stereocenters. The van der Waals surface area contributed by atoms with E-state index in [4.69, 9.17) is 5.73 Å². The van der Waals surface area contributed by atoms with Crippen LogP contribution in [0.4, 0.5) is 14.5 Å². The van der Waals surface area contributed by atoms with E-state index in [-0.39, 0.29) is 3.70 Å². The zero-order valence-electron chi connectivity index (χ0n) is 7.49. The molecule has 0 aliphatic heterocycles. The number of carbonyl (C=O) groups is 1. The van der Waals surface area contributed by atoms with Gasteiger partial charge < -0.3 is 5.73 Å². The molecule has 16 heavy (non-hydrogen) atoms. The van der Waals surface area contributed by atoms with E-state index in [1.807, 2.05) is 0 Å². The first-order chi connectivity index (χ1) is 7.36. The summed E-state index contributed by atoms with van der Waals surface area (Å²) in [5.74, 6) is -1.28. The van der Waals surface area contributed by atoms with Gasteiger partial charge in [-0.2, -0.15) is 0 Å². The van der Waals surface area contributed by atoms with Crippen molar-refractivity contribution in [3.63, 3.8) is 0 Å². The fraction of sp³-hybridized carbons (Fsp3) is 0.143. The summed E-state index contributed by atoms with van der Waals surface area (Å²) in [4.78, 5) is 24.1. The largest absolute Gasteiger partial charge is 0.365 e. The highest BCUT2D eigenvalue weighted by molar-refractivity contribution is 14.1. The Hall–Kier alpha value is -1.39. The van der Waals surface area contributed by atoms with E-state index >= 15 is 0 Å². The molecule has 0 saturated heterocycles. The molecule has 6 nitrogen and oxygen atoms in total. The SMILES string of the molecule is NC(=O)c1c(C(F)F)cnc(I)c1[N+](=O)[O-]. The predicted molar refractivity (Wildman–Crippen MR) is 57.1 cm³/mol. The molecule has 0 bridgehead atoms. The van der Waals surface area contributed by atoms with Gasteiger partial charge in [-0.3, -0.25) is 14.9 Å². The molecule has 1 aromatic heterocycles. The number of hydrogen-bond donors (Lipinski definition) is 1. The topological polar surface area (TPSA) is 99.1 Å². The minimum Gasteiger partial charge on any atom is -0.365 e. The van der Waals surface area contributed by atoms with Gasteiger partial charge in [-0.15, -0.1) is 0 Å². The fourth-order valence-electron chi connectivity index (χ4n) is 1.08. The lowest BCUT2D eigenvalue weighted by Crippen LogP contribution is -2.18. The van der Waals surface area contributed by atoms with Crippen LogP contribution in [0, 0.1) is 13.8 Å². The van der Waals surface area contributed by atoms with Crippen molar-refractivity contribution >= 4 is 34.2 Å². The normalized spacial score (nSPS) is 10.5. The lowest BCUT2D eigenvalue weighted by molar-refractivity contribution is -0.386. The van der Waals surface area contributed by atoms with Gasteiger partial charge in [-0.05, 0) is 22.6 Å². The first-order valence-corrected chi connectivity index (χ1v) is 4.84. The number of halogens is 3. The maximum atomic E-state index is 12.5. The minimum atomic E-state index is -3.05. The Kier molecular flexibility index (Phi) is 3.67. The van der Waals surface area contributed by atoms with Crippen molar-refractivity contribution in [1.29, 1.82) is 0 Å². The van der Waals surface area contributed by atoms with Crippen LogP contribution >= 0.6 is 22.6 Å². The molecular weight excluding hydrogens is 339 g/mol.